The Labute approximate surface area is 72.2 Å². The fraction of sp³-hybridized carbons (Fsp3) is 0.167. The maximum absolute atomic E-state index is 5.65. The zero-order chi connectivity index (χ0) is 5.98. The number of nitrogens with zero attached hydrogens (tertiary/aromatic N) is 1. The van der Waals surface area contributed by atoms with Gasteiger partial charge in [-0.1, -0.05) is 11.6 Å². The molecule has 0 saturated heterocycles. The van der Waals surface area contributed by atoms with Gasteiger partial charge >= 0.3 is 0 Å². The van der Waals surface area contributed by atoms with E-state index < -0.39 is 0 Å². The summed E-state index contributed by atoms with van der Waals surface area (Å²) in [6, 6.07) is 3.64. The quantitative estimate of drug-likeness (QED) is 0.574. The van der Waals surface area contributed by atoms with E-state index >= 15 is 0 Å². The Hall–Kier alpha value is 0.0634. The first-order valence-corrected chi connectivity index (χ1v) is 2.75. The van der Waals surface area contributed by atoms with Gasteiger partial charge in [0.1, 0.15) is 0 Å². The topological polar surface area (TPSA) is 12.9 Å². The average molecular weight is 193 g/mol. The molecule has 1 heterocycles. The van der Waals surface area contributed by atoms with Crippen LogP contribution in [-0.2, 0) is 19.5 Å². The summed E-state index contributed by atoms with van der Waals surface area (Å²) in [5, 5.41) is 0.729. The van der Waals surface area contributed by atoms with Crippen molar-refractivity contribution in [2.45, 2.75) is 6.92 Å². The molecule has 0 amide bonds. The Morgan fingerprint density at radius 2 is 2.22 bits per heavy atom. The van der Waals surface area contributed by atoms with Gasteiger partial charge in [-0.2, -0.15) is 0 Å². The molecule has 0 atom stereocenters. The zero-order valence-corrected chi connectivity index (χ0v) is 8.99. The van der Waals surface area contributed by atoms with Crippen LogP contribution in [-0.4, -0.2) is 4.98 Å². The molecule has 1 nitrogen and oxygen atoms in total. The van der Waals surface area contributed by atoms with E-state index in [2.05, 4.69) is 4.98 Å². The Morgan fingerprint density at radius 3 is 2.56 bits per heavy atom. The van der Waals surface area contributed by atoms with Crippen LogP contribution in [0.5, 0.6) is 0 Å². The van der Waals surface area contributed by atoms with Crippen molar-refractivity contribution in [2.75, 3.05) is 0 Å². The van der Waals surface area contributed by atoms with Crippen LogP contribution in [0.3, 0.4) is 0 Å². The van der Waals surface area contributed by atoms with Crippen molar-refractivity contribution in [2.24, 2.45) is 0 Å². The Kier molecular flexibility index (Phi) is 4.00. The summed E-state index contributed by atoms with van der Waals surface area (Å²) in [6.07, 6.45) is 1.72. The van der Waals surface area contributed by atoms with Crippen LogP contribution in [0.1, 0.15) is 5.69 Å². The van der Waals surface area contributed by atoms with Crippen LogP contribution in [0.25, 0.3) is 0 Å². The van der Waals surface area contributed by atoms with Crippen molar-refractivity contribution < 1.29 is 19.5 Å². The molecule has 0 aromatic carbocycles. The summed E-state index contributed by atoms with van der Waals surface area (Å²) in [7, 11) is 0. The molecule has 0 aliphatic rings. The summed E-state index contributed by atoms with van der Waals surface area (Å²) in [6.45, 7) is 1.88. The third-order valence-corrected chi connectivity index (χ3v) is 1.34. The maximum atomic E-state index is 5.65. The number of halogens is 1. The second kappa shape index (κ2) is 3.97. The average Bonchev–Trinajstić information content (AvgIpc) is 1.77. The third kappa shape index (κ3) is 2.42. The van der Waals surface area contributed by atoms with Crippen molar-refractivity contribution in [3.05, 3.63) is 29.0 Å². The van der Waals surface area contributed by atoms with Gasteiger partial charge in [-0.05, 0) is 19.1 Å². The molecular weight excluding hydrogens is 187 g/mol. The van der Waals surface area contributed by atoms with Crippen molar-refractivity contribution in [1.82, 2.24) is 4.98 Å². The van der Waals surface area contributed by atoms with E-state index in [1.807, 2.05) is 19.1 Å². The van der Waals surface area contributed by atoms with Crippen LogP contribution in [0.4, 0.5) is 0 Å². The molecule has 0 radical (unpaired) electrons. The van der Waals surface area contributed by atoms with Gasteiger partial charge in [-0.3, -0.25) is 4.98 Å². The fourth-order valence-corrected chi connectivity index (χ4v) is 0.586. The van der Waals surface area contributed by atoms with Crippen LogP contribution in [0.15, 0.2) is 18.3 Å². The van der Waals surface area contributed by atoms with Crippen LogP contribution in [0.2, 0.25) is 5.02 Å². The minimum Gasteiger partial charge on any atom is -0.260 e. The summed E-state index contributed by atoms with van der Waals surface area (Å²) in [4.78, 5) is 3.95. The second-order valence-corrected chi connectivity index (χ2v) is 1.98. The first-order chi connectivity index (χ1) is 3.80. The van der Waals surface area contributed by atoms with Gasteiger partial charge in [0.2, 0.25) is 0 Å². The predicted molar refractivity (Wildman–Crippen MR) is 34.0 cm³/mol. The van der Waals surface area contributed by atoms with E-state index in [1.54, 1.807) is 6.20 Å². The van der Waals surface area contributed by atoms with E-state index in [1.165, 1.54) is 0 Å². The summed E-state index contributed by atoms with van der Waals surface area (Å²) < 4.78 is 0. The molecule has 0 bridgehead atoms. The molecule has 1 aromatic heterocycles. The number of aromatic nitrogens is 1. The third-order valence-electron chi connectivity index (χ3n) is 0.942. The minimum absolute atomic E-state index is 0. The largest absolute Gasteiger partial charge is 0.260 e. The molecular formula is C6H6ClNZn. The van der Waals surface area contributed by atoms with Gasteiger partial charge in [0.25, 0.3) is 0 Å². The van der Waals surface area contributed by atoms with Gasteiger partial charge in [0.05, 0.1) is 10.7 Å². The minimum atomic E-state index is 0. The fourth-order valence-electron chi connectivity index (χ4n) is 0.465. The molecule has 1 rings (SSSR count). The Morgan fingerprint density at radius 1 is 1.56 bits per heavy atom. The normalized spacial score (nSPS) is 8.22. The van der Waals surface area contributed by atoms with Gasteiger partial charge < -0.3 is 0 Å². The standard InChI is InChI=1S/C6H6ClN.Zn/c1-5-6(7)3-2-4-8-5;/h2-4H,1H3;. The number of rotatable bonds is 0. The summed E-state index contributed by atoms with van der Waals surface area (Å²) in [5.41, 5.74) is 0.883. The van der Waals surface area contributed by atoms with Crippen molar-refractivity contribution in [3.8, 4) is 0 Å². The number of hydrogen-bond donors (Lipinski definition) is 0. The molecule has 0 aliphatic carbocycles. The van der Waals surface area contributed by atoms with E-state index in [-0.39, 0.29) is 19.5 Å². The molecule has 44 valence electrons. The number of pyridine rings is 1. The summed E-state index contributed by atoms with van der Waals surface area (Å²) in [5.74, 6) is 0. The molecule has 1 aromatic rings. The monoisotopic (exact) mass is 191 g/mol. The molecule has 0 N–H and O–H groups in total. The molecule has 0 unspecified atom stereocenters. The van der Waals surface area contributed by atoms with Crippen molar-refractivity contribution >= 4 is 11.6 Å². The number of hydrogen-bond acceptors (Lipinski definition) is 1. The summed E-state index contributed by atoms with van der Waals surface area (Å²) >= 11 is 5.65. The van der Waals surface area contributed by atoms with Crippen LogP contribution in [0, 0.1) is 6.92 Å². The molecule has 9 heavy (non-hydrogen) atoms. The Balaban J connectivity index is 0.000000640. The smallest absolute Gasteiger partial charge is 0.0618 e. The van der Waals surface area contributed by atoms with Crippen molar-refractivity contribution in [3.63, 3.8) is 0 Å². The van der Waals surface area contributed by atoms with E-state index in [4.69, 9.17) is 11.6 Å². The van der Waals surface area contributed by atoms with Crippen molar-refractivity contribution in [1.29, 1.82) is 0 Å². The molecule has 0 aliphatic heterocycles. The van der Waals surface area contributed by atoms with Crippen LogP contribution >= 0.6 is 11.6 Å². The van der Waals surface area contributed by atoms with Crippen LogP contribution < -0.4 is 0 Å². The molecule has 3 heteroatoms. The van der Waals surface area contributed by atoms with Gasteiger partial charge in [0, 0.05) is 25.7 Å². The number of aryl methyl sites for hydroxylation is 1. The molecule has 0 spiro atoms. The molecule has 0 fully saturated rings. The van der Waals surface area contributed by atoms with Gasteiger partial charge in [-0.25, -0.2) is 0 Å². The zero-order valence-electron chi connectivity index (χ0n) is 5.26. The first kappa shape index (κ1) is 9.06. The van der Waals surface area contributed by atoms with Gasteiger partial charge in [-0.15, -0.1) is 0 Å². The van der Waals surface area contributed by atoms with E-state index in [0.29, 0.717) is 0 Å². The predicted octanol–water partition coefficient (Wildman–Crippen LogP) is 2.04. The molecule has 0 saturated carbocycles. The Bertz CT molecular complexity index is 169. The van der Waals surface area contributed by atoms with Gasteiger partial charge in [0.15, 0.2) is 0 Å². The second-order valence-electron chi connectivity index (χ2n) is 1.57. The van der Waals surface area contributed by atoms with E-state index in [9.17, 15) is 0 Å². The SMILES string of the molecule is Cc1ncccc1Cl.[Zn]. The first-order valence-electron chi connectivity index (χ1n) is 2.38. The maximum Gasteiger partial charge on any atom is 0.0618 e. The van der Waals surface area contributed by atoms with E-state index in [0.717, 1.165) is 10.7 Å².